The van der Waals surface area contributed by atoms with Gasteiger partial charge in [-0.25, -0.2) is 17.9 Å². The predicted octanol–water partition coefficient (Wildman–Crippen LogP) is 4.96. The Balaban J connectivity index is 0.000000559. The molecule has 1 aliphatic rings. The van der Waals surface area contributed by atoms with Gasteiger partial charge in [0.2, 0.25) is 10.0 Å². The first-order valence-electron chi connectivity index (χ1n) is 12.9. The Labute approximate surface area is 233 Å². The lowest BCUT2D eigenvalue weighted by Gasteiger charge is -2.16. The van der Waals surface area contributed by atoms with Crippen LogP contribution in [0.5, 0.6) is 0 Å². The van der Waals surface area contributed by atoms with Crippen LogP contribution < -0.4 is 10.0 Å². The van der Waals surface area contributed by atoms with E-state index in [0.29, 0.717) is 11.4 Å². The van der Waals surface area contributed by atoms with E-state index in [2.05, 4.69) is 51.3 Å². The normalized spacial score (nSPS) is 14.0. The molecule has 0 aliphatic carbocycles. The summed E-state index contributed by atoms with van der Waals surface area (Å²) in [6.45, 7) is 6.80. The molecule has 3 aromatic rings. The smallest absolute Gasteiger partial charge is 0.475 e. The minimum absolute atomic E-state index is 0.355. The minimum Gasteiger partial charge on any atom is -0.475 e. The molecule has 7 nitrogen and oxygen atoms in total. The third-order valence-electron chi connectivity index (χ3n) is 6.39. The van der Waals surface area contributed by atoms with Gasteiger partial charge in [0.25, 0.3) is 0 Å². The lowest BCUT2D eigenvalue weighted by molar-refractivity contribution is -0.192. The second kappa shape index (κ2) is 14.4. The number of carboxylic acid groups (broad SMARTS) is 1. The van der Waals surface area contributed by atoms with Gasteiger partial charge in [-0.05, 0) is 72.8 Å². The highest BCUT2D eigenvalue weighted by Gasteiger charge is 2.38. The number of rotatable bonds is 10. The Kier molecular flexibility index (Phi) is 11.3. The van der Waals surface area contributed by atoms with Crippen molar-refractivity contribution in [2.24, 2.45) is 0 Å². The van der Waals surface area contributed by atoms with Crippen LogP contribution in [-0.2, 0) is 27.9 Å². The van der Waals surface area contributed by atoms with Crippen molar-refractivity contribution >= 4 is 16.0 Å². The van der Waals surface area contributed by atoms with Crippen molar-refractivity contribution in [2.45, 2.75) is 43.9 Å². The summed E-state index contributed by atoms with van der Waals surface area (Å²) in [5.41, 5.74) is 5.32. The maximum absolute atomic E-state index is 12.8. The van der Waals surface area contributed by atoms with Crippen LogP contribution in [0.3, 0.4) is 0 Å². The summed E-state index contributed by atoms with van der Waals surface area (Å²) in [4.78, 5) is 11.6. The fourth-order valence-electron chi connectivity index (χ4n) is 4.36. The summed E-state index contributed by atoms with van der Waals surface area (Å²) in [6.07, 6.45) is -2.67. The molecule has 0 saturated carbocycles. The molecule has 0 spiro atoms. The molecule has 0 radical (unpaired) electrons. The molecular weight excluding hydrogens is 543 g/mol. The zero-order valence-electron chi connectivity index (χ0n) is 22.2. The molecule has 0 bridgehead atoms. The van der Waals surface area contributed by atoms with Gasteiger partial charge in [-0.2, -0.15) is 13.2 Å². The first kappa shape index (κ1) is 31.3. The fraction of sp³-hybridized carbons (Fsp3) is 0.345. The van der Waals surface area contributed by atoms with E-state index in [0.717, 1.165) is 49.4 Å². The van der Waals surface area contributed by atoms with Crippen LogP contribution in [-0.4, -0.2) is 56.7 Å². The molecule has 216 valence electrons. The molecule has 0 aromatic heterocycles. The number of aryl methyl sites for hydroxylation is 1. The molecule has 0 atom stereocenters. The number of hydrogen-bond donors (Lipinski definition) is 3. The molecule has 40 heavy (non-hydrogen) atoms. The lowest BCUT2D eigenvalue weighted by atomic mass is 10.0. The lowest BCUT2D eigenvalue weighted by Crippen LogP contribution is -2.33. The SMILES string of the molecule is Cc1cc(-c2cccc(CNCc3ccccc3)c2)ccc1S(=O)(=O)NCCN1CCCC1.O=C(O)C(F)(F)F. The van der Waals surface area contributed by atoms with Gasteiger partial charge in [-0.3, -0.25) is 0 Å². The van der Waals surface area contributed by atoms with Crippen LogP contribution in [0.15, 0.2) is 77.7 Å². The van der Waals surface area contributed by atoms with E-state index in [1.807, 2.05) is 37.3 Å². The van der Waals surface area contributed by atoms with Gasteiger partial charge >= 0.3 is 12.1 Å². The number of carbonyl (C=O) groups is 1. The van der Waals surface area contributed by atoms with Gasteiger partial charge in [-0.1, -0.05) is 60.7 Å². The zero-order valence-corrected chi connectivity index (χ0v) is 23.1. The molecule has 3 N–H and O–H groups in total. The first-order chi connectivity index (χ1) is 19.0. The van der Waals surface area contributed by atoms with E-state index in [9.17, 15) is 21.6 Å². The van der Waals surface area contributed by atoms with Gasteiger partial charge in [-0.15, -0.1) is 0 Å². The van der Waals surface area contributed by atoms with Crippen LogP contribution in [0.2, 0.25) is 0 Å². The van der Waals surface area contributed by atoms with E-state index in [4.69, 9.17) is 9.90 Å². The van der Waals surface area contributed by atoms with Crippen molar-refractivity contribution < 1.29 is 31.5 Å². The van der Waals surface area contributed by atoms with Gasteiger partial charge in [0, 0.05) is 26.2 Å². The molecule has 11 heteroatoms. The summed E-state index contributed by atoms with van der Waals surface area (Å²) in [6, 6.07) is 24.3. The van der Waals surface area contributed by atoms with Gasteiger partial charge < -0.3 is 15.3 Å². The number of hydrogen-bond acceptors (Lipinski definition) is 5. The molecule has 1 saturated heterocycles. The summed E-state index contributed by atoms with van der Waals surface area (Å²) < 4.78 is 60.2. The number of carboxylic acids is 1. The highest BCUT2D eigenvalue weighted by Crippen LogP contribution is 2.25. The number of nitrogens with zero attached hydrogens (tertiary/aromatic N) is 1. The molecule has 0 unspecified atom stereocenters. The van der Waals surface area contributed by atoms with Crippen LogP contribution in [0, 0.1) is 6.92 Å². The Morgan fingerprint density at radius 2 is 1.50 bits per heavy atom. The van der Waals surface area contributed by atoms with E-state index in [1.165, 1.54) is 24.0 Å². The average molecular weight is 578 g/mol. The maximum Gasteiger partial charge on any atom is 0.490 e. The van der Waals surface area contributed by atoms with Crippen molar-refractivity contribution in [3.63, 3.8) is 0 Å². The Hall–Kier alpha value is -3.25. The van der Waals surface area contributed by atoms with E-state index < -0.39 is 22.2 Å². The van der Waals surface area contributed by atoms with E-state index in [-0.39, 0.29) is 0 Å². The number of aliphatic carboxylic acids is 1. The number of likely N-dealkylation sites (tertiary alicyclic amines) is 1. The second-order valence-corrected chi connectivity index (χ2v) is 11.3. The average Bonchev–Trinajstić information content (AvgIpc) is 3.43. The maximum atomic E-state index is 12.8. The number of sulfonamides is 1. The third kappa shape index (κ3) is 9.74. The fourth-order valence-corrected chi connectivity index (χ4v) is 5.61. The number of nitrogens with one attached hydrogen (secondary N) is 2. The van der Waals surface area contributed by atoms with Gasteiger partial charge in [0.1, 0.15) is 0 Å². The molecule has 1 heterocycles. The Morgan fingerprint density at radius 3 is 2.12 bits per heavy atom. The number of alkyl halides is 3. The Morgan fingerprint density at radius 1 is 0.900 bits per heavy atom. The van der Waals surface area contributed by atoms with Crippen LogP contribution >= 0.6 is 0 Å². The molecule has 4 rings (SSSR count). The van der Waals surface area contributed by atoms with Crippen molar-refractivity contribution in [3.8, 4) is 11.1 Å². The van der Waals surface area contributed by atoms with Crippen molar-refractivity contribution in [1.82, 2.24) is 14.9 Å². The minimum atomic E-state index is -5.08. The standard InChI is InChI=1S/C27H33N3O2S.C2HF3O2/c1-22-18-26(12-13-27(22)33(31,32)29-14-17-30-15-5-6-16-30)25-11-7-10-24(19-25)21-28-20-23-8-3-2-4-9-23;3-2(4,5)1(6)7/h2-4,7-13,18-19,28-29H,5-6,14-17,20-21H2,1H3;(H,6,7). The van der Waals surface area contributed by atoms with Crippen LogP contribution in [0.25, 0.3) is 11.1 Å². The molecule has 1 fully saturated rings. The zero-order chi connectivity index (χ0) is 29.2. The van der Waals surface area contributed by atoms with Crippen molar-refractivity contribution in [3.05, 3.63) is 89.5 Å². The molecule has 3 aromatic carbocycles. The summed E-state index contributed by atoms with van der Waals surface area (Å²) in [7, 11) is -3.51. The quantitative estimate of drug-likeness (QED) is 0.315. The molecular formula is C29H34F3N3O4S. The topological polar surface area (TPSA) is 98.7 Å². The van der Waals surface area contributed by atoms with Crippen molar-refractivity contribution in [2.75, 3.05) is 26.2 Å². The summed E-state index contributed by atoms with van der Waals surface area (Å²) >= 11 is 0. The van der Waals surface area contributed by atoms with Crippen molar-refractivity contribution in [1.29, 1.82) is 0 Å². The monoisotopic (exact) mass is 577 g/mol. The third-order valence-corrected chi connectivity index (χ3v) is 8.01. The Bertz CT molecular complexity index is 1360. The predicted molar refractivity (Wildman–Crippen MR) is 148 cm³/mol. The number of benzene rings is 3. The summed E-state index contributed by atoms with van der Waals surface area (Å²) in [5.74, 6) is -2.76. The van der Waals surface area contributed by atoms with Crippen LogP contribution in [0.4, 0.5) is 13.2 Å². The van der Waals surface area contributed by atoms with E-state index in [1.54, 1.807) is 6.07 Å². The summed E-state index contributed by atoms with van der Waals surface area (Å²) in [5, 5.41) is 10.6. The first-order valence-corrected chi connectivity index (χ1v) is 14.4. The highest BCUT2D eigenvalue weighted by molar-refractivity contribution is 7.89. The highest BCUT2D eigenvalue weighted by atomic mass is 32.2. The van der Waals surface area contributed by atoms with Gasteiger partial charge in [0.15, 0.2) is 0 Å². The molecule has 0 amide bonds. The van der Waals surface area contributed by atoms with E-state index >= 15 is 0 Å². The number of halogens is 3. The van der Waals surface area contributed by atoms with Gasteiger partial charge in [0.05, 0.1) is 4.90 Å². The van der Waals surface area contributed by atoms with Crippen LogP contribution in [0.1, 0.15) is 29.5 Å². The largest absolute Gasteiger partial charge is 0.490 e. The second-order valence-electron chi connectivity index (χ2n) is 9.52. The molecule has 1 aliphatic heterocycles.